The number of hydrogen-bond acceptors (Lipinski definition) is 1. The molecule has 0 aromatic rings. The zero-order chi connectivity index (χ0) is 17.8. The molecule has 1 nitrogen and oxygen atoms in total. The van der Waals surface area contributed by atoms with Crippen LogP contribution >= 0.6 is 0 Å². The molecule has 0 spiro atoms. The first-order valence-electron chi connectivity index (χ1n) is 11.6. The molecule has 0 aliphatic heterocycles. The monoisotopic (exact) mass is 346 g/mol. The fourth-order valence-corrected chi connectivity index (χ4v) is 8.89. The second-order valence-corrected chi connectivity index (χ2v) is 11.0. The fourth-order valence-electron chi connectivity index (χ4n) is 8.89. The Morgan fingerprint density at radius 1 is 0.960 bits per heavy atom. The van der Waals surface area contributed by atoms with Crippen LogP contribution in [-0.4, -0.2) is 11.2 Å². The number of fused-ring (bicyclic) bond motifs is 5. The summed E-state index contributed by atoms with van der Waals surface area (Å²) < 4.78 is 0. The molecule has 4 aliphatic carbocycles. The van der Waals surface area contributed by atoms with Crippen LogP contribution < -0.4 is 0 Å². The molecule has 0 heterocycles. The van der Waals surface area contributed by atoms with Crippen molar-refractivity contribution in [3.05, 3.63) is 0 Å². The Kier molecular flexibility index (Phi) is 4.79. The molecular formula is C24H42O. The minimum absolute atomic E-state index is 0.00830. The van der Waals surface area contributed by atoms with E-state index in [0.29, 0.717) is 16.7 Å². The molecule has 25 heavy (non-hydrogen) atoms. The van der Waals surface area contributed by atoms with Gasteiger partial charge in [0, 0.05) is 0 Å². The molecular weight excluding hydrogens is 304 g/mol. The van der Waals surface area contributed by atoms with Crippen molar-refractivity contribution >= 4 is 0 Å². The molecule has 9 atom stereocenters. The molecule has 4 fully saturated rings. The van der Waals surface area contributed by atoms with Crippen LogP contribution in [0.3, 0.4) is 0 Å². The summed E-state index contributed by atoms with van der Waals surface area (Å²) in [7, 11) is 0. The quantitative estimate of drug-likeness (QED) is 0.623. The molecule has 1 N–H and O–H groups in total. The Labute approximate surface area is 156 Å². The molecule has 144 valence electrons. The van der Waals surface area contributed by atoms with E-state index in [1.807, 2.05) is 0 Å². The molecule has 0 radical (unpaired) electrons. The minimum Gasteiger partial charge on any atom is -0.393 e. The van der Waals surface area contributed by atoms with E-state index >= 15 is 0 Å². The zero-order valence-corrected chi connectivity index (χ0v) is 17.3. The van der Waals surface area contributed by atoms with Gasteiger partial charge >= 0.3 is 0 Å². The van der Waals surface area contributed by atoms with Gasteiger partial charge in [-0.25, -0.2) is 0 Å². The average molecular weight is 347 g/mol. The van der Waals surface area contributed by atoms with E-state index in [-0.39, 0.29) is 6.10 Å². The first-order valence-corrected chi connectivity index (χ1v) is 11.6. The molecule has 4 saturated carbocycles. The van der Waals surface area contributed by atoms with Crippen molar-refractivity contribution in [1.29, 1.82) is 0 Å². The Hall–Kier alpha value is -0.0400. The van der Waals surface area contributed by atoms with Crippen LogP contribution in [0, 0.1) is 46.3 Å². The lowest BCUT2D eigenvalue weighted by atomic mass is 9.44. The number of hydrogen-bond donors (Lipinski definition) is 1. The minimum atomic E-state index is -0.00830. The van der Waals surface area contributed by atoms with Gasteiger partial charge in [-0.1, -0.05) is 53.4 Å². The van der Waals surface area contributed by atoms with Gasteiger partial charge in [0.1, 0.15) is 0 Å². The molecule has 4 aliphatic rings. The third-order valence-corrected chi connectivity index (χ3v) is 10.1. The number of aliphatic hydroxyl groups excluding tert-OH is 1. The maximum absolute atomic E-state index is 11.2. The molecule has 4 rings (SSSR count). The molecule has 1 heteroatoms. The number of aliphatic hydroxyl groups is 1. The molecule has 0 aromatic heterocycles. The van der Waals surface area contributed by atoms with Gasteiger partial charge in [-0.2, -0.15) is 0 Å². The summed E-state index contributed by atoms with van der Waals surface area (Å²) in [6.45, 7) is 10.1. The summed E-state index contributed by atoms with van der Waals surface area (Å²) in [5.74, 6) is 4.79. The second-order valence-electron chi connectivity index (χ2n) is 11.0. The first-order chi connectivity index (χ1) is 11.9. The normalized spacial score (nSPS) is 53.6. The smallest absolute Gasteiger partial charge is 0.0577 e. The predicted molar refractivity (Wildman–Crippen MR) is 105 cm³/mol. The maximum atomic E-state index is 11.2. The highest BCUT2D eigenvalue weighted by Crippen LogP contribution is 2.68. The number of rotatable bonds is 3. The Balaban J connectivity index is 1.61. The lowest BCUT2D eigenvalue weighted by Crippen LogP contribution is -2.57. The van der Waals surface area contributed by atoms with Crippen LogP contribution in [-0.2, 0) is 0 Å². The average Bonchev–Trinajstić information content (AvgIpc) is 2.93. The summed E-state index contributed by atoms with van der Waals surface area (Å²) in [6.07, 6.45) is 15.1. The third-order valence-electron chi connectivity index (χ3n) is 10.1. The van der Waals surface area contributed by atoms with Crippen LogP contribution in [0.2, 0.25) is 0 Å². The van der Waals surface area contributed by atoms with E-state index < -0.39 is 0 Å². The first kappa shape index (κ1) is 18.3. The third kappa shape index (κ3) is 2.66. The van der Waals surface area contributed by atoms with E-state index in [2.05, 4.69) is 27.7 Å². The van der Waals surface area contributed by atoms with Crippen molar-refractivity contribution in [2.45, 2.75) is 104 Å². The van der Waals surface area contributed by atoms with Crippen LogP contribution in [0.4, 0.5) is 0 Å². The lowest BCUT2D eigenvalue weighted by Gasteiger charge is -2.62. The molecule has 0 amide bonds. The van der Waals surface area contributed by atoms with Gasteiger partial charge in [0.25, 0.3) is 0 Å². The van der Waals surface area contributed by atoms with Gasteiger partial charge in [0.2, 0.25) is 0 Å². The Morgan fingerprint density at radius 2 is 1.72 bits per heavy atom. The van der Waals surface area contributed by atoms with Crippen molar-refractivity contribution in [3.8, 4) is 0 Å². The summed E-state index contributed by atoms with van der Waals surface area (Å²) in [4.78, 5) is 0. The molecule has 0 aromatic carbocycles. The standard InChI is InChI=1S/C24H42O/c1-5-8-16(2)18-10-11-19-22-20(12-14-24(18,19)4)23(3)13-7-6-9-17(23)15-21(22)25/h16-22,25H,5-15H2,1-4H3/t16-,17?,18?,19?,20?,21?,22?,23?,24?/m1/s1. The Morgan fingerprint density at radius 3 is 2.48 bits per heavy atom. The highest BCUT2D eigenvalue weighted by atomic mass is 16.3. The van der Waals surface area contributed by atoms with Gasteiger partial charge in [0.15, 0.2) is 0 Å². The van der Waals surface area contributed by atoms with E-state index in [1.54, 1.807) is 0 Å². The van der Waals surface area contributed by atoms with Crippen molar-refractivity contribution in [3.63, 3.8) is 0 Å². The highest BCUT2D eigenvalue weighted by Gasteiger charge is 2.62. The maximum Gasteiger partial charge on any atom is 0.0577 e. The fraction of sp³-hybridized carbons (Fsp3) is 1.00. The second kappa shape index (κ2) is 6.54. The van der Waals surface area contributed by atoms with Crippen LogP contribution in [0.1, 0.15) is 98.3 Å². The van der Waals surface area contributed by atoms with Gasteiger partial charge < -0.3 is 5.11 Å². The van der Waals surface area contributed by atoms with Crippen LogP contribution in [0.5, 0.6) is 0 Å². The van der Waals surface area contributed by atoms with E-state index in [4.69, 9.17) is 0 Å². The van der Waals surface area contributed by atoms with E-state index in [1.165, 1.54) is 64.2 Å². The predicted octanol–water partition coefficient (Wildman–Crippen LogP) is 6.44. The summed E-state index contributed by atoms with van der Waals surface area (Å²) in [6, 6.07) is 0. The van der Waals surface area contributed by atoms with Gasteiger partial charge in [0.05, 0.1) is 6.10 Å². The lowest BCUT2D eigenvalue weighted by molar-refractivity contribution is -0.164. The summed E-state index contributed by atoms with van der Waals surface area (Å²) in [5, 5.41) is 11.2. The van der Waals surface area contributed by atoms with Gasteiger partial charge in [-0.15, -0.1) is 0 Å². The zero-order valence-electron chi connectivity index (χ0n) is 17.3. The van der Waals surface area contributed by atoms with Crippen molar-refractivity contribution in [2.24, 2.45) is 46.3 Å². The molecule has 0 saturated heterocycles. The summed E-state index contributed by atoms with van der Waals surface area (Å²) >= 11 is 0. The van der Waals surface area contributed by atoms with E-state index in [0.717, 1.165) is 36.0 Å². The largest absolute Gasteiger partial charge is 0.393 e. The van der Waals surface area contributed by atoms with Crippen LogP contribution in [0.15, 0.2) is 0 Å². The SMILES string of the molecule is CCC[C@@H](C)C1CCC2C3C(O)CC4CCCCC4(C)C3CCC21C. The summed E-state index contributed by atoms with van der Waals surface area (Å²) in [5.41, 5.74) is 1.05. The van der Waals surface area contributed by atoms with Crippen molar-refractivity contribution < 1.29 is 5.11 Å². The van der Waals surface area contributed by atoms with Crippen molar-refractivity contribution in [2.75, 3.05) is 0 Å². The topological polar surface area (TPSA) is 20.2 Å². The van der Waals surface area contributed by atoms with Crippen LogP contribution in [0.25, 0.3) is 0 Å². The van der Waals surface area contributed by atoms with Gasteiger partial charge in [-0.3, -0.25) is 0 Å². The van der Waals surface area contributed by atoms with Crippen molar-refractivity contribution in [1.82, 2.24) is 0 Å². The molecule has 0 bridgehead atoms. The van der Waals surface area contributed by atoms with E-state index in [9.17, 15) is 5.11 Å². The molecule has 8 unspecified atom stereocenters. The highest BCUT2D eigenvalue weighted by molar-refractivity contribution is 5.11. The van der Waals surface area contributed by atoms with Gasteiger partial charge in [-0.05, 0) is 91.3 Å². The Bertz CT molecular complexity index is 486.